The van der Waals surface area contributed by atoms with Gasteiger partial charge in [0.1, 0.15) is 0 Å². The van der Waals surface area contributed by atoms with Crippen molar-refractivity contribution in [3.8, 4) is 0 Å². The van der Waals surface area contributed by atoms with E-state index in [1.807, 2.05) is 6.92 Å². The molecule has 0 fully saturated rings. The van der Waals surface area contributed by atoms with Crippen LogP contribution in [-0.4, -0.2) is 22.9 Å². The van der Waals surface area contributed by atoms with Crippen molar-refractivity contribution in [1.29, 1.82) is 0 Å². The molecule has 11 heavy (non-hydrogen) atoms. The van der Waals surface area contributed by atoms with Gasteiger partial charge in [-0.2, -0.15) is 0 Å². The van der Waals surface area contributed by atoms with E-state index in [1.54, 1.807) is 0 Å². The Morgan fingerprint density at radius 3 is 2.55 bits per heavy atom. The lowest BCUT2D eigenvalue weighted by molar-refractivity contribution is -0.136. The van der Waals surface area contributed by atoms with Gasteiger partial charge in [-0.15, -0.1) is 8.58 Å². The quantitative estimate of drug-likeness (QED) is 0.498. The summed E-state index contributed by atoms with van der Waals surface area (Å²) in [6, 6.07) is 0. The standard InChI is InChI=1S/C8H17O2P/c1-3-5-6-11-7(4-2)8(9)10/h7,11H,3-6H2,1-2H3,(H,9,10). The van der Waals surface area contributed by atoms with Crippen LogP contribution in [0.1, 0.15) is 33.1 Å². The Bertz CT molecular complexity index is 115. The molecule has 2 atom stereocenters. The molecule has 2 unspecified atom stereocenters. The summed E-state index contributed by atoms with van der Waals surface area (Å²) in [5.41, 5.74) is -0.0819. The number of carboxylic acid groups (broad SMARTS) is 1. The van der Waals surface area contributed by atoms with Crippen molar-refractivity contribution in [1.82, 2.24) is 0 Å². The van der Waals surface area contributed by atoms with Crippen LogP contribution in [-0.2, 0) is 4.79 Å². The molecule has 66 valence electrons. The predicted octanol–water partition coefficient (Wildman–Crippen LogP) is 2.33. The molecule has 0 aromatic carbocycles. The van der Waals surface area contributed by atoms with Gasteiger partial charge in [-0.05, 0) is 19.0 Å². The number of hydrogen-bond acceptors (Lipinski definition) is 1. The average molecular weight is 176 g/mol. The molecule has 0 bridgehead atoms. The Balaban J connectivity index is 3.44. The maximum atomic E-state index is 10.5. The monoisotopic (exact) mass is 176 g/mol. The third-order valence-electron chi connectivity index (χ3n) is 1.63. The molecule has 0 aromatic rings. The maximum Gasteiger partial charge on any atom is 0.310 e. The van der Waals surface area contributed by atoms with Gasteiger partial charge in [-0.3, -0.25) is 4.79 Å². The van der Waals surface area contributed by atoms with Crippen LogP contribution in [0.25, 0.3) is 0 Å². The van der Waals surface area contributed by atoms with Crippen LogP contribution in [0.15, 0.2) is 0 Å². The summed E-state index contributed by atoms with van der Waals surface area (Å²) in [5.74, 6) is -0.623. The van der Waals surface area contributed by atoms with Crippen molar-refractivity contribution in [2.24, 2.45) is 0 Å². The molecule has 0 saturated carbocycles. The summed E-state index contributed by atoms with van der Waals surface area (Å²) >= 11 is 0. The molecule has 0 amide bonds. The summed E-state index contributed by atoms with van der Waals surface area (Å²) in [5, 5.41) is 8.68. The first-order valence-corrected chi connectivity index (χ1v) is 5.47. The van der Waals surface area contributed by atoms with Gasteiger partial charge in [0.15, 0.2) is 0 Å². The molecule has 0 aliphatic rings. The van der Waals surface area contributed by atoms with Gasteiger partial charge in [0.25, 0.3) is 0 Å². The van der Waals surface area contributed by atoms with Crippen LogP contribution in [0.2, 0.25) is 0 Å². The van der Waals surface area contributed by atoms with Gasteiger partial charge >= 0.3 is 5.97 Å². The first kappa shape index (κ1) is 10.9. The third kappa shape index (κ3) is 5.20. The van der Waals surface area contributed by atoms with Crippen LogP contribution in [0.4, 0.5) is 0 Å². The second-order valence-corrected chi connectivity index (χ2v) is 4.21. The minimum atomic E-state index is -0.623. The Morgan fingerprint density at radius 2 is 2.18 bits per heavy atom. The number of carboxylic acids is 1. The topological polar surface area (TPSA) is 37.3 Å². The van der Waals surface area contributed by atoms with Crippen molar-refractivity contribution >= 4 is 14.6 Å². The Labute approximate surface area is 70.2 Å². The van der Waals surface area contributed by atoms with Crippen molar-refractivity contribution in [2.45, 2.75) is 38.8 Å². The summed E-state index contributed by atoms with van der Waals surface area (Å²) in [6.07, 6.45) is 4.20. The smallest absolute Gasteiger partial charge is 0.310 e. The largest absolute Gasteiger partial charge is 0.481 e. The third-order valence-corrected chi connectivity index (χ3v) is 3.42. The number of rotatable bonds is 6. The molecular formula is C8H17O2P. The van der Waals surface area contributed by atoms with E-state index in [0.29, 0.717) is 8.58 Å². The van der Waals surface area contributed by atoms with Gasteiger partial charge in [0.2, 0.25) is 0 Å². The van der Waals surface area contributed by atoms with E-state index in [9.17, 15) is 4.79 Å². The second kappa shape index (κ2) is 6.60. The lowest BCUT2D eigenvalue weighted by Gasteiger charge is -2.08. The Hall–Kier alpha value is -0.100. The van der Waals surface area contributed by atoms with E-state index in [1.165, 1.54) is 12.8 Å². The van der Waals surface area contributed by atoms with Gasteiger partial charge in [0, 0.05) is 0 Å². The molecule has 2 nitrogen and oxygen atoms in total. The zero-order valence-electron chi connectivity index (χ0n) is 7.26. The normalized spacial score (nSPS) is 14.0. The zero-order valence-corrected chi connectivity index (χ0v) is 8.26. The maximum absolute atomic E-state index is 10.5. The predicted molar refractivity (Wildman–Crippen MR) is 49.8 cm³/mol. The molecule has 0 rings (SSSR count). The minimum Gasteiger partial charge on any atom is -0.481 e. The first-order valence-electron chi connectivity index (χ1n) is 4.18. The summed E-state index contributed by atoms with van der Waals surface area (Å²) in [4.78, 5) is 10.5. The molecule has 0 saturated heterocycles. The van der Waals surface area contributed by atoms with Gasteiger partial charge < -0.3 is 5.11 Å². The molecular weight excluding hydrogens is 159 g/mol. The highest BCUT2D eigenvalue weighted by atomic mass is 31.1. The second-order valence-electron chi connectivity index (χ2n) is 2.61. The molecule has 0 spiro atoms. The van der Waals surface area contributed by atoms with E-state index >= 15 is 0 Å². The van der Waals surface area contributed by atoms with Crippen LogP contribution >= 0.6 is 8.58 Å². The van der Waals surface area contributed by atoms with Crippen LogP contribution in [0.5, 0.6) is 0 Å². The highest BCUT2D eigenvalue weighted by Gasteiger charge is 2.13. The van der Waals surface area contributed by atoms with E-state index in [2.05, 4.69) is 6.92 Å². The molecule has 0 aliphatic heterocycles. The minimum absolute atomic E-state index is 0.0819. The highest BCUT2D eigenvalue weighted by Crippen LogP contribution is 2.23. The number of unbranched alkanes of at least 4 members (excludes halogenated alkanes) is 1. The van der Waals surface area contributed by atoms with E-state index in [4.69, 9.17) is 5.11 Å². The molecule has 0 radical (unpaired) electrons. The molecule has 0 heterocycles. The fourth-order valence-electron chi connectivity index (χ4n) is 0.859. The van der Waals surface area contributed by atoms with E-state index < -0.39 is 5.97 Å². The van der Waals surface area contributed by atoms with Gasteiger partial charge in [-0.1, -0.05) is 20.3 Å². The summed E-state index contributed by atoms with van der Waals surface area (Å²) in [7, 11) is 0.611. The number of hydrogen-bond donors (Lipinski definition) is 1. The summed E-state index contributed by atoms with van der Waals surface area (Å²) < 4.78 is 0. The summed E-state index contributed by atoms with van der Waals surface area (Å²) in [6.45, 7) is 4.07. The number of aliphatic carboxylic acids is 1. The molecule has 3 heteroatoms. The molecule has 0 aliphatic carbocycles. The van der Waals surface area contributed by atoms with Crippen LogP contribution in [0.3, 0.4) is 0 Å². The zero-order chi connectivity index (χ0) is 8.69. The van der Waals surface area contributed by atoms with Crippen molar-refractivity contribution in [3.05, 3.63) is 0 Å². The lowest BCUT2D eigenvalue weighted by atomic mass is 10.3. The number of carbonyl (C=O) groups is 1. The molecule has 1 N–H and O–H groups in total. The van der Waals surface area contributed by atoms with Gasteiger partial charge in [-0.25, -0.2) is 0 Å². The fourth-order valence-corrected chi connectivity index (χ4v) is 2.23. The molecule has 0 aromatic heterocycles. The fraction of sp³-hybridized carbons (Fsp3) is 0.875. The van der Waals surface area contributed by atoms with Crippen molar-refractivity contribution in [3.63, 3.8) is 0 Å². The van der Waals surface area contributed by atoms with E-state index in [-0.39, 0.29) is 5.66 Å². The highest BCUT2D eigenvalue weighted by molar-refractivity contribution is 7.40. The Kier molecular flexibility index (Phi) is 6.54. The SMILES string of the molecule is CCCCPC(CC)C(=O)O. The Morgan fingerprint density at radius 1 is 1.55 bits per heavy atom. The first-order chi connectivity index (χ1) is 5.22. The van der Waals surface area contributed by atoms with Crippen LogP contribution < -0.4 is 0 Å². The van der Waals surface area contributed by atoms with Crippen molar-refractivity contribution in [2.75, 3.05) is 6.16 Å². The van der Waals surface area contributed by atoms with E-state index in [0.717, 1.165) is 12.6 Å². The van der Waals surface area contributed by atoms with Gasteiger partial charge in [0.05, 0.1) is 5.66 Å². The van der Waals surface area contributed by atoms with Crippen molar-refractivity contribution < 1.29 is 9.90 Å². The lowest BCUT2D eigenvalue weighted by Crippen LogP contribution is -2.13. The van der Waals surface area contributed by atoms with Crippen LogP contribution in [0, 0.1) is 0 Å². The average Bonchev–Trinajstić information content (AvgIpc) is 1.97.